The largest absolute Gasteiger partial charge is 0.383 e. The zero-order valence-electron chi connectivity index (χ0n) is 15.4. The molecule has 1 N–H and O–H groups in total. The zero-order chi connectivity index (χ0) is 19.1. The highest BCUT2D eigenvalue weighted by atomic mass is 16.5. The van der Waals surface area contributed by atoms with Crippen LogP contribution in [0.1, 0.15) is 20.7 Å². The normalized spacial score (nSPS) is 14.1. The van der Waals surface area contributed by atoms with Gasteiger partial charge in [0.05, 0.1) is 17.7 Å². The lowest BCUT2D eigenvalue weighted by Gasteiger charge is -2.36. The number of rotatable bonds is 6. The molecule has 1 aromatic carbocycles. The van der Waals surface area contributed by atoms with E-state index in [0.717, 1.165) is 13.1 Å². The van der Waals surface area contributed by atoms with Crippen LogP contribution in [0.2, 0.25) is 0 Å². The van der Waals surface area contributed by atoms with Crippen LogP contribution < -0.4 is 10.2 Å². The minimum absolute atomic E-state index is 0.0956. The Morgan fingerprint density at radius 2 is 1.78 bits per heavy atom. The molecule has 0 bridgehead atoms. The van der Waals surface area contributed by atoms with Crippen molar-refractivity contribution in [1.82, 2.24) is 15.2 Å². The van der Waals surface area contributed by atoms with E-state index in [1.807, 2.05) is 23.1 Å². The zero-order valence-corrected chi connectivity index (χ0v) is 15.4. The molecule has 0 saturated carbocycles. The number of carbonyl (C=O) groups is 2. The molecule has 2 aromatic rings. The van der Waals surface area contributed by atoms with Gasteiger partial charge in [-0.15, -0.1) is 0 Å². The van der Waals surface area contributed by atoms with Crippen LogP contribution in [0.4, 0.5) is 5.69 Å². The number of nitrogens with one attached hydrogen (secondary N) is 1. The van der Waals surface area contributed by atoms with Crippen LogP contribution in [0.25, 0.3) is 0 Å². The number of piperazine rings is 1. The Morgan fingerprint density at radius 3 is 2.48 bits per heavy atom. The van der Waals surface area contributed by atoms with Crippen molar-refractivity contribution in [3.05, 3.63) is 59.9 Å². The first kappa shape index (κ1) is 18.8. The highest BCUT2D eigenvalue weighted by Crippen LogP contribution is 2.17. The summed E-state index contributed by atoms with van der Waals surface area (Å²) in [5, 5.41) is 2.73. The molecule has 0 unspecified atom stereocenters. The van der Waals surface area contributed by atoms with Gasteiger partial charge in [0, 0.05) is 57.9 Å². The first-order valence-electron chi connectivity index (χ1n) is 9.00. The van der Waals surface area contributed by atoms with Crippen molar-refractivity contribution in [3.8, 4) is 0 Å². The van der Waals surface area contributed by atoms with Crippen LogP contribution in [0.5, 0.6) is 0 Å². The van der Waals surface area contributed by atoms with E-state index >= 15 is 0 Å². The second-order valence-electron chi connectivity index (χ2n) is 6.33. The summed E-state index contributed by atoms with van der Waals surface area (Å²) in [4.78, 5) is 33.1. The van der Waals surface area contributed by atoms with E-state index in [1.165, 1.54) is 18.1 Å². The summed E-state index contributed by atoms with van der Waals surface area (Å²) in [6.45, 7) is 3.68. The maximum atomic E-state index is 12.8. The van der Waals surface area contributed by atoms with Gasteiger partial charge in [0.15, 0.2) is 0 Å². The quantitative estimate of drug-likeness (QED) is 0.781. The molecule has 0 spiro atoms. The van der Waals surface area contributed by atoms with Gasteiger partial charge >= 0.3 is 0 Å². The van der Waals surface area contributed by atoms with Crippen molar-refractivity contribution in [2.45, 2.75) is 0 Å². The minimum Gasteiger partial charge on any atom is -0.383 e. The number of nitrogens with zero attached hydrogens (tertiary/aromatic N) is 3. The Kier molecular flexibility index (Phi) is 6.38. The van der Waals surface area contributed by atoms with E-state index in [-0.39, 0.29) is 11.8 Å². The van der Waals surface area contributed by atoms with Crippen molar-refractivity contribution >= 4 is 17.5 Å². The third-order valence-electron chi connectivity index (χ3n) is 4.53. The molecule has 0 aliphatic carbocycles. The fraction of sp³-hybridized carbons (Fsp3) is 0.350. The van der Waals surface area contributed by atoms with Gasteiger partial charge in [-0.05, 0) is 18.2 Å². The van der Waals surface area contributed by atoms with Crippen LogP contribution in [0.15, 0.2) is 48.8 Å². The number of benzene rings is 1. The Balaban J connectivity index is 1.60. The van der Waals surface area contributed by atoms with Gasteiger partial charge in [-0.3, -0.25) is 14.6 Å². The number of carbonyl (C=O) groups excluding carboxylic acids is 2. The fourth-order valence-corrected chi connectivity index (χ4v) is 3.04. The monoisotopic (exact) mass is 368 g/mol. The Hall–Kier alpha value is -2.93. The fourth-order valence-electron chi connectivity index (χ4n) is 3.04. The third-order valence-corrected chi connectivity index (χ3v) is 4.53. The molecule has 7 heteroatoms. The Labute approximate surface area is 158 Å². The van der Waals surface area contributed by atoms with Crippen molar-refractivity contribution in [1.29, 1.82) is 0 Å². The average molecular weight is 368 g/mol. The molecule has 0 atom stereocenters. The smallest absolute Gasteiger partial charge is 0.255 e. The summed E-state index contributed by atoms with van der Waals surface area (Å²) < 4.78 is 4.91. The van der Waals surface area contributed by atoms with Gasteiger partial charge in [-0.25, -0.2) is 0 Å². The topological polar surface area (TPSA) is 74.8 Å². The predicted octanol–water partition coefficient (Wildman–Crippen LogP) is 1.42. The second-order valence-corrected chi connectivity index (χ2v) is 6.33. The molecule has 2 amide bonds. The number of ether oxygens (including phenoxy) is 1. The van der Waals surface area contributed by atoms with Crippen molar-refractivity contribution in [2.75, 3.05) is 51.3 Å². The van der Waals surface area contributed by atoms with E-state index in [4.69, 9.17) is 4.74 Å². The first-order valence-corrected chi connectivity index (χ1v) is 9.00. The summed E-state index contributed by atoms with van der Waals surface area (Å²) in [6.07, 6.45) is 2.98. The van der Waals surface area contributed by atoms with E-state index in [9.17, 15) is 9.59 Å². The highest BCUT2D eigenvalue weighted by molar-refractivity contribution is 5.99. The Bertz CT molecular complexity index is 774. The summed E-state index contributed by atoms with van der Waals surface area (Å²) in [5.74, 6) is -0.357. The van der Waals surface area contributed by atoms with Crippen molar-refractivity contribution in [3.63, 3.8) is 0 Å². The van der Waals surface area contributed by atoms with Crippen LogP contribution in [-0.2, 0) is 4.74 Å². The van der Waals surface area contributed by atoms with Crippen LogP contribution in [0.3, 0.4) is 0 Å². The van der Waals surface area contributed by atoms with E-state index in [1.54, 1.807) is 13.2 Å². The molecule has 2 heterocycles. The van der Waals surface area contributed by atoms with Crippen LogP contribution in [-0.4, -0.2) is 68.1 Å². The molecular weight excluding hydrogens is 344 g/mol. The number of hydrogen-bond acceptors (Lipinski definition) is 5. The molecule has 1 fully saturated rings. The van der Waals surface area contributed by atoms with Crippen LogP contribution >= 0.6 is 0 Å². The van der Waals surface area contributed by atoms with Gasteiger partial charge in [-0.1, -0.05) is 18.2 Å². The molecule has 142 valence electrons. The van der Waals surface area contributed by atoms with Gasteiger partial charge in [-0.2, -0.15) is 0 Å². The van der Waals surface area contributed by atoms with Gasteiger partial charge in [0.2, 0.25) is 0 Å². The molecule has 7 nitrogen and oxygen atoms in total. The van der Waals surface area contributed by atoms with Crippen molar-refractivity contribution in [2.24, 2.45) is 0 Å². The first-order chi connectivity index (χ1) is 13.2. The predicted molar refractivity (Wildman–Crippen MR) is 103 cm³/mol. The lowest BCUT2D eigenvalue weighted by Crippen LogP contribution is -2.48. The average Bonchev–Trinajstić information content (AvgIpc) is 2.74. The number of hydrogen-bond donors (Lipinski definition) is 1. The molecule has 1 saturated heterocycles. The van der Waals surface area contributed by atoms with E-state index in [0.29, 0.717) is 37.4 Å². The van der Waals surface area contributed by atoms with Gasteiger partial charge in [0.1, 0.15) is 0 Å². The molecule has 0 radical (unpaired) electrons. The molecule has 1 aliphatic rings. The van der Waals surface area contributed by atoms with E-state index < -0.39 is 0 Å². The highest BCUT2D eigenvalue weighted by Gasteiger charge is 2.23. The SMILES string of the molecule is COCCNC(=O)c1cncc(C(=O)N2CCN(c3ccccc3)CC2)c1. The van der Waals surface area contributed by atoms with E-state index in [2.05, 4.69) is 27.3 Å². The summed E-state index contributed by atoms with van der Waals surface area (Å²) >= 11 is 0. The molecule has 1 aromatic heterocycles. The number of pyridine rings is 1. The van der Waals surface area contributed by atoms with Crippen LogP contribution in [0, 0.1) is 0 Å². The number of methoxy groups -OCH3 is 1. The standard InChI is InChI=1S/C20H24N4O3/c1-27-12-7-22-19(25)16-13-17(15-21-14-16)20(26)24-10-8-23(9-11-24)18-5-3-2-4-6-18/h2-6,13-15H,7-12H2,1H3,(H,22,25). The number of aromatic nitrogens is 1. The molecular formula is C20H24N4O3. The lowest BCUT2D eigenvalue weighted by atomic mass is 10.1. The number of amides is 2. The minimum atomic E-state index is -0.261. The van der Waals surface area contributed by atoms with Gasteiger partial charge < -0.3 is 19.9 Å². The summed E-state index contributed by atoms with van der Waals surface area (Å²) in [5.41, 5.74) is 1.98. The molecule has 27 heavy (non-hydrogen) atoms. The summed E-state index contributed by atoms with van der Waals surface area (Å²) in [6, 6.07) is 11.8. The Morgan fingerprint density at radius 1 is 1.07 bits per heavy atom. The number of para-hydroxylation sites is 1. The maximum Gasteiger partial charge on any atom is 0.255 e. The lowest BCUT2D eigenvalue weighted by molar-refractivity contribution is 0.0746. The summed E-state index contributed by atoms with van der Waals surface area (Å²) in [7, 11) is 1.57. The second kappa shape index (κ2) is 9.14. The number of anilines is 1. The molecule has 1 aliphatic heterocycles. The molecule has 3 rings (SSSR count). The third kappa shape index (κ3) is 4.83. The van der Waals surface area contributed by atoms with Gasteiger partial charge in [0.25, 0.3) is 11.8 Å². The van der Waals surface area contributed by atoms with Crippen molar-refractivity contribution < 1.29 is 14.3 Å². The maximum absolute atomic E-state index is 12.8.